The number of aromatic nitrogens is 1. The van der Waals surface area contributed by atoms with Gasteiger partial charge in [-0.05, 0) is 11.6 Å². The first-order chi connectivity index (χ1) is 9.92. The van der Waals surface area contributed by atoms with Crippen LogP contribution < -0.4 is 5.73 Å². The van der Waals surface area contributed by atoms with Gasteiger partial charge in [-0.3, -0.25) is 4.98 Å². The number of halogens is 4. The standard InChI is InChI=1S/C14H14F4N2O/c15-13(16)14(17,18)8-21-7-11(19)10-5-1-3-9-4-2-6-20-12(9)10/h1-6,11,13H,7-8,19H2. The molecule has 0 bridgehead atoms. The molecule has 1 unspecified atom stereocenters. The van der Waals surface area contributed by atoms with E-state index in [0.717, 1.165) is 5.39 Å². The zero-order valence-corrected chi connectivity index (χ0v) is 11.0. The van der Waals surface area contributed by atoms with Crippen molar-refractivity contribution in [2.75, 3.05) is 13.2 Å². The van der Waals surface area contributed by atoms with Crippen molar-refractivity contribution in [3.8, 4) is 0 Å². The molecule has 0 fully saturated rings. The molecule has 0 aliphatic rings. The van der Waals surface area contributed by atoms with Crippen LogP contribution in [0.5, 0.6) is 0 Å². The highest BCUT2D eigenvalue weighted by molar-refractivity contribution is 5.81. The van der Waals surface area contributed by atoms with Gasteiger partial charge in [-0.15, -0.1) is 0 Å². The van der Waals surface area contributed by atoms with Crippen molar-refractivity contribution in [1.29, 1.82) is 0 Å². The molecular formula is C14H14F4N2O. The Morgan fingerprint density at radius 2 is 1.90 bits per heavy atom. The van der Waals surface area contributed by atoms with Crippen LogP contribution in [0.15, 0.2) is 36.5 Å². The lowest BCUT2D eigenvalue weighted by Crippen LogP contribution is -2.33. The maximum Gasteiger partial charge on any atom is 0.330 e. The number of nitrogens with zero attached hydrogens (tertiary/aromatic N) is 1. The number of alkyl halides is 4. The molecule has 0 saturated heterocycles. The third-order valence-corrected chi connectivity index (χ3v) is 2.97. The summed E-state index contributed by atoms with van der Waals surface area (Å²) in [4.78, 5) is 4.18. The minimum atomic E-state index is -4.17. The van der Waals surface area contributed by atoms with Crippen LogP contribution in [0.4, 0.5) is 17.6 Å². The number of fused-ring (bicyclic) bond motifs is 1. The minimum absolute atomic E-state index is 0.294. The van der Waals surface area contributed by atoms with Gasteiger partial charge < -0.3 is 10.5 Å². The van der Waals surface area contributed by atoms with E-state index in [-0.39, 0.29) is 6.61 Å². The quantitative estimate of drug-likeness (QED) is 0.834. The van der Waals surface area contributed by atoms with Crippen LogP contribution in [-0.4, -0.2) is 30.5 Å². The predicted molar refractivity (Wildman–Crippen MR) is 70.4 cm³/mol. The summed E-state index contributed by atoms with van der Waals surface area (Å²) >= 11 is 0. The number of hydrogen-bond donors (Lipinski definition) is 1. The van der Waals surface area contributed by atoms with Gasteiger partial charge >= 0.3 is 12.3 Å². The molecule has 0 aliphatic heterocycles. The number of hydrogen-bond acceptors (Lipinski definition) is 3. The zero-order valence-electron chi connectivity index (χ0n) is 11.0. The van der Waals surface area contributed by atoms with Crippen molar-refractivity contribution in [3.63, 3.8) is 0 Å². The molecule has 1 heterocycles. The first-order valence-corrected chi connectivity index (χ1v) is 6.25. The van der Waals surface area contributed by atoms with Crippen molar-refractivity contribution in [1.82, 2.24) is 4.98 Å². The highest BCUT2D eigenvalue weighted by Gasteiger charge is 2.41. The van der Waals surface area contributed by atoms with Gasteiger partial charge in [-0.25, -0.2) is 8.78 Å². The summed E-state index contributed by atoms with van der Waals surface area (Å²) in [7, 11) is 0. The summed E-state index contributed by atoms with van der Waals surface area (Å²) in [6.45, 7) is -1.66. The fourth-order valence-electron chi connectivity index (χ4n) is 1.90. The van der Waals surface area contributed by atoms with Gasteiger partial charge in [-0.1, -0.05) is 24.3 Å². The largest absolute Gasteiger partial charge is 0.373 e. The van der Waals surface area contributed by atoms with Crippen molar-refractivity contribution >= 4 is 10.9 Å². The molecule has 2 rings (SSSR count). The molecule has 0 amide bonds. The molecule has 3 nitrogen and oxygen atoms in total. The van der Waals surface area contributed by atoms with E-state index in [9.17, 15) is 17.6 Å². The van der Waals surface area contributed by atoms with E-state index in [1.165, 1.54) is 0 Å². The Labute approximate surface area is 118 Å². The number of pyridine rings is 1. The van der Waals surface area contributed by atoms with Crippen LogP contribution in [0.1, 0.15) is 11.6 Å². The van der Waals surface area contributed by atoms with Crippen LogP contribution >= 0.6 is 0 Å². The molecule has 1 aromatic carbocycles. The number of ether oxygens (including phenoxy) is 1. The molecular weight excluding hydrogens is 288 g/mol. The third kappa shape index (κ3) is 3.68. The lowest BCUT2D eigenvalue weighted by atomic mass is 10.0. The minimum Gasteiger partial charge on any atom is -0.373 e. The number of rotatable bonds is 6. The SMILES string of the molecule is NC(COCC(F)(F)C(F)F)c1cccc2cccnc12. The monoisotopic (exact) mass is 302 g/mol. The second-order valence-electron chi connectivity index (χ2n) is 4.61. The predicted octanol–water partition coefficient (Wildman–Crippen LogP) is 3.15. The molecule has 2 aromatic rings. The highest BCUT2D eigenvalue weighted by Crippen LogP contribution is 2.25. The molecule has 0 aliphatic carbocycles. The Kier molecular flexibility index (Phi) is 4.74. The Balaban J connectivity index is 2.04. The van der Waals surface area contributed by atoms with Crippen LogP contribution in [0.25, 0.3) is 10.9 Å². The summed E-state index contributed by atoms with van der Waals surface area (Å²) < 4.78 is 54.1. The number of para-hydroxylation sites is 1. The average Bonchev–Trinajstić information content (AvgIpc) is 2.46. The summed E-state index contributed by atoms with van der Waals surface area (Å²) in [5.41, 5.74) is 7.12. The van der Waals surface area contributed by atoms with Gasteiger partial charge in [0.1, 0.15) is 6.61 Å². The highest BCUT2D eigenvalue weighted by atomic mass is 19.3. The summed E-state index contributed by atoms with van der Waals surface area (Å²) in [5, 5.41) is 0.850. The number of nitrogens with two attached hydrogens (primary N) is 1. The summed E-state index contributed by atoms with van der Waals surface area (Å²) in [6.07, 6.45) is -2.17. The van der Waals surface area contributed by atoms with E-state index in [1.54, 1.807) is 24.4 Å². The molecule has 2 N–H and O–H groups in total. The van der Waals surface area contributed by atoms with E-state index >= 15 is 0 Å². The van der Waals surface area contributed by atoms with Crippen molar-refractivity contribution in [2.45, 2.75) is 18.4 Å². The fraction of sp³-hybridized carbons (Fsp3) is 0.357. The average molecular weight is 302 g/mol. The van der Waals surface area contributed by atoms with Gasteiger partial charge in [0.15, 0.2) is 0 Å². The molecule has 114 valence electrons. The second kappa shape index (κ2) is 6.36. The van der Waals surface area contributed by atoms with E-state index < -0.39 is 25.0 Å². The van der Waals surface area contributed by atoms with Crippen molar-refractivity contribution < 1.29 is 22.3 Å². The van der Waals surface area contributed by atoms with Crippen molar-refractivity contribution in [3.05, 3.63) is 42.1 Å². The van der Waals surface area contributed by atoms with Crippen LogP contribution in [0.2, 0.25) is 0 Å². The first-order valence-electron chi connectivity index (χ1n) is 6.25. The molecule has 1 aromatic heterocycles. The van der Waals surface area contributed by atoms with Crippen LogP contribution in [-0.2, 0) is 4.74 Å². The lowest BCUT2D eigenvalue weighted by Gasteiger charge is -2.18. The Hall–Kier alpha value is -1.73. The second-order valence-corrected chi connectivity index (χ2v) is 4.61. The fourth-order valence-corrected chi connectivity index (χ4v) is 1.90. The van der Waals surface area contributed by atoms with Gasteiger partial charge in [0, 0.05) is 11.6 Å². The van der Waals surface area contributed by atoms with E-state index in [1.807, 2.05) is 12.1 Å². The van der Waals surface area contributed by atoms with Gasteiger partial charge in [0.05, 0.1) is 18.2 Å². The molecule has 7 heteroatoms. The Morgan fingerprint density at radius 3 is 2.62 bits per heavy atom. The molecule has 0 spiro atoms. The normalized spacial score (nSPS) is 13.8. The van der Waals surface area contributed by atoms with Crippen LogP contribution in [0.3, 0.4) is 0 Å². The van der Waals surface area contributed by atoms with Gasteiger partial charge in [0.25, 0.3) is 0 Å². The smallest absolute Gasteiger partial charge is 0.330 e. The molecule has 1 atom stereocenters. The maximum absolute atomic E-state index is 12.7. The lowest BCUT2D eigenvalue weighted by molar-refractivity contribution is -0.166. The van der Waals surface area contributed by atoms with Crippen molar-refractivity contribution in [2.24, 2.45) is 5.73 Å². The van der Waals surface area contributed by atoms with Gasteiger partial charge in [-0.2, -0.15) is 8.78 Å². The Morgan fingerprint density at radius 1 is 1.19 bits per heavy atom. The zero-order chi connectivity index (χ0) is 15.5. The van der Waals surface area contributed by atoms with E-state index in [4.69, 9.17) is 5.73 Å². The summed E-state index contributed by atoms with van der Waals surface area (Å²) in [6, 6.07) is 8.17. The van der Waals surface area contributed by atoms with Gasteiger partial charge in [0.2, 0.25) is 0 Å². The first kappa shape index (κ1) is 15.7. The molecule has 0 radical (unpaired) electrons. The van der Waals surface area contributed by atoms with Crippen LogP contribution in [0, 0.1) is 0 Å². The van der Waals surface area contributed by atoms with E-state index in [2.05, 4.69) is 9.72 Å². The third-order valence-electron chi connectivity index (χ3n) is 2.97. The van der Waals surface area contributed by atoms with E-state index in [0.29, 0.717) is 11.1 Å². The number of benzene rings is 1. The maximum atomic E-state index is 12.7. The molecule has 0 saturated carbocycles. The Bertz CT molecular complexity index is 601. The topological polar surface area (TPSA) is 48.1 Å². The molecule has 21 heavy (non-hydrogen) atoms. The summed E-state index contributed by atoms with van der Waals surface area (Å²) in [5.74, 6) is -4.17.